The maximum Gasteiger partial charge on any atom is 0.229 e. The first-order chi connectivity index (χ1) is 15.8. The molecule has 1 amide bonds. The Bertz CT molecular complexity index is 1150. The molecule has 0 spiro atoms. The normalized spacial score (nSPS) is 16.2. The fourth-order valence-electron chi connectivity index (χ4n) is 4.47. The number of para-hydroxylation sites is 1. The van der Waals surface area contributed by atoms with E-state index in [0.29, 0.717) is 0 Å². The largest absolute Gasteiger partial charge is 0.323 e. The lowest BCUT2D eigenvalue weighted by Gasteiger charge is -2.17. The van der Waals surface area contributed by atoms with E-state index in [9.17, 15) is 9.18 Å². The van der Waals surface area contributed by atoms with Gasteiger partial charge in [0.05, 0.1) is 12.1 Å². The summed E-state index contributed by atoms with van der Waals surface area (Å²) < 4.78 is 13.8. The average molecular weight is 447 g/mol. The molecular formula is C27H31FN4O. The highest BCUT2D eigenvalue weighted by molar-refractivity contribution is 5.92. The number of carbonyl (C=O) groups excluding carboxylic acids is 1. The Kier molecular flexibility index (Phi) is 6.84. The molecule has 6 heteroatoms. The summed E-state index contributed by atoms with van der Waals surface area (Å²) in [6.45, 7) is 11.0. The molecule has 2 heterocycles. The summed E-state index contributed by atoms with van der Waals surface area (Å²) in [5.74, 6) is 0.418. The molecule has 5 nitrogen and oxygen atoms in total. The second-order valence-electron chi connectivity index (χ2n) is 9.08. The first-order valence-corrected chi connectivity index (χ1v) is 11.5. The molecule has 1 atom stereocenters. The van der Waals surface area contributed by atoms with Gasteiger partial charge in [-0.05, 0) is 69.5 Å². The van der Waals surface area contributed by atoms with E-state index in [1.165, 1.54) is 22.8 Å². The van der Waals surface area contributed by atoms with E-state index >= 15 is 0 Å². The van der Waals surface area contributed by atoms with Crippen LogP contribution in [0.15, 0.2) is 42.5 Å². The predicted molar refractivity (Wildman–Crippen MR) is 129 cm³/mol. The highest BCUT2D eigenvalue weighted by atomic mass is 19.1. The molecule has 0 aliphatic carbocycles. The number of likely N-dealkylation sites (tertiary alicyclic amines) is 1. The van der Waals surface area contributed by atoms with Crippen LogP contribution in [-0.2, 0) is 17.8 Å². The average Bonchev–Trinajstić information content (AvgIpc) is 3.23. The molecular weight excluding hydrogens is 415 g/mol. The molecule has 1 N–H and O–H groups in total. The van der Waals surface area contributed by atoms with Gasteiger partial charge in [0.25, 0.3) is 0 Å². The van der Waals surface area contributed by atoms with E-state index in [1.54, 1.807) is 18.2 Å². The molecule has 4 rings (SSSR count). The fourth-order valence-corrected chi connectivity index (χ4v) is 4.47. The zero-order chi connectivity index (χ0) is 23.5. The van der Waals surface area contributed by atoms with Crippen molar-refractivity contribution in [1.29, 1.82) is 0 Å². The van der Waals surface area contributed by atoms with Crippen molar-refractivity contribution in [2.24, 2.45) is 0 Å². The van der Waals surface area contributed by atoms with Crippen LogP contribution in [0.2, 0.25) is 0 Å². The second-order valence-corrected chi connectivity index (χ2v) is 9.08. The zero-order valence-corrected chi connectivity index (χ0v) is 19.8. The van der Waals surface area contributed by atoms with Crippen LogP contribution >= 0.6 is 0 Å². The lowest BCUT2D eigenvalue weighted by Crippen LogP contribution is -2.21. The van der Waals surface area contributed by atoms with Gasteiger partial charge in [-0.25, -0.2) is 14.4 Å². The molecule has 1 saturated heterocycles. The van der Waals surface area contributed by atoms with Gasteiger partial charge >= 0.3 is 0 Å². The van der Waals surface area contributed by atoms with Gasteiger partial charge < -0.3 is 5.32 Å². The van der Waals surface area contributed by atoms with Crippen molar-refractivity contribution in [3.05, 3.63) is 87.7 Å². The Labute approximate surface area is 195 Å². The van der Waals surface area contributed by atoms with Crippen molar-refractivity contribution >= 4 is 11.6 Å². The van der Waals surface area contributed by atoms with E-state index in [0.717, 1.165) is 48.8 Å². The number of nitrogens with one attached hydrogen (secondary N) is 1. The molecule has 1 aliphatic heterocycles. The Hall–Kier alpha value is -3.12. The molecule has 0 bridgehead atoms. The number of halogens is 1. The Morgan fingerprint density at radius 2 is 1.79 bits per heavy atom. The van der Waals surface area contributed by atoms with Gasteiger partial charge in [0, 0.05) is 36.0 Å². The molecule has 1 unspecified atom stereocenters. The molecule has 3 aromatic rings. The number of anilines is 1. The number of benzene rings is 2. The van der Waals surface area contributed by atoms with Gasteiger partial charge in [0.15, 0.2) is 0 Å². The smallest absolute Gasteiger partial charge is 0.229 e. The van der Waals surface area contributed by atoms with E-state index < -0.39 is 5.82 Å². The summed E-state index contributed by atoms with van der Waals surface area (Å²) in [5.41, 5.74) is 6.60. The lowest BCUT2D eigenvalue weighted by molar-refractivity contribution is -0.115. The van der Waals surface area contributed by atoms with E-state index in [-0.39, 0.29) is 23.9 Å². The van der Waals surface area contributed by atoms with Gasteiger partial charge in [-0.3, -0.25) is 9.69 Å². The Morgan fingerprint density at radius 1 is 1.06 bits per heavy atom. The molecule has 2 aromatic carbocycles. The number of amides is 1. The molecule has 1 aliphatic rings. The number of rotatable bonds is 6. The number of nitrogens with zero attached hydrogens (tertiary/aromatic N) is 3. The fraction of sp³-hybridized carbons (Fsp3) is 0.370. The van der Waals surface area contributed by atoms with Crippen LogP contribution in [0.5, 0.6) is 0 Å². The van der Waals surface area contributed by atoms with Crippen LogP contribution in [0.1, 0.15) is 51.8 Å². The van der Waals surface area contributed by atoms with Gasteiger partial charge in [-0.15, -0.1) is 0 Å². The first kappa shape index (κ1) is 23.1. The second kappa shape index (κ2) is 9.79. The summed E-state index contributed by atoms with van der Waals surface area (Å²) in [6, 6.07) is 12.8. The monoisotopic (exact) mass is 446 g/mol. The molecule has 0 saturated carbocycles. The van der Waals surface area contributed by atoms with E-state index in [1.807, 2.05) is 13.8 Å². The van der Waals surface area contributed by atoms with Crippen LogP contribution in [0.25, 0.3) is 0 Å². The standard InChI is InChI=1S/C27H31FN4O/c1-17-9-10-21(13-18(17)2)15-32-12-11-22(16-32)27-29-19(3)23(20(4)30-27)14-26(33)31-25-8-6-5-7-24(25)28/h5-10,13,22H,11-12,14-16H2,1-4H3,(H,31,33). The zero-order valence-electron chi connectivity index (χ0n) is 19.8. The summed E-state index contributed by atoms with van der Waals surface area (Å²) in [6.07, 6.45) is 1.15. The first-order valence-electron chi connectivity index (χ1n) is 11.5. The van der Waals surface area contributed by atoms with Crippen molar-refractivity contribution in [2.45, 2.75) is 53.0 Å². The molecule has 172 valence electrons. The van der Waals surface area contributed by atoms with Crippen molar-refractivity contribution < 1.29 is 9.18 Å². The SMILES string of the molecule is Cc1ccc(CN2CCC(c3nc(C)c(CC(=O)Nc4ccccc4F)c(C)n3)C2)cc1C. The Morgan fingerprint density at radius 3 is 2.48 bits per heavy atom. The number of carbonyl (C=O) groups is 1. The quantitative estimate of drug-likeness (QED) is 0.578. The predicted octanol–water partition coefficient (Wildman–Crippen LogP) is 5.02. The minimum absolute atomic E-state index is 0.121. The van der Waals surface area contributed by atoms with Crippen molar-refractivity contribution in [3.8, 4) is 0 Å². The maximum atomic E-state index is 13.8. The lowest BCUT2D eigenvalue weighted by atomic mass is 10.0. The van der Waals surface area contributed by atoms with Crippen molar-refractivity contribution in [1.82, 2.24) is 14.9 Å². The minimum atomic E-state index is -0.447. The number of hydrogen-bond donors (Lipinski definition) is 1. The number of aryl methyl sites for hydroxylation is 4. The van der Waals surface area contributed by atoms with Gasteiger partial charge in [0.2, 0.25) is 5.91 Å². The van der Waals surface area contributed by atoms with Gasteiger partial charge in [0.1, 0.15) is 11.6 Å². The third-order valence-electron chi connectivity index (χ3n) is 6.54. The van der Waals surface area contributed by atoms with Gasteiger partial charge in [-0.2, -0.15) is 0 Å². The molecule has 1 fully saturated rings. The third kappa shape index (κ3) is 5.45. The molecule has 1 aromatic heterocycles. The maximum absolute atomic E-state index is 13.8. The number of aromatic nitrogens is 2. The number of hydrogen-bond acceptors (Lipinski definition) is 4. The summed E-state index contributed by atoms with van der Waals surface area (Å²) >= 11 is 0. The topological polar surface area (TPSA) is 58.1 Å². The van der Waals surface area contributed by atoms with Crippen LogP contribution in [0.3, 0.4) is 0 Å². The van der Waals surface area contributed by atoms with Crippen LogP contribution < -0.4 is 5.32 Å². The highest BCUT2D eigenvalue weighted by Gasteiger charge is 2.27. The van der Waals surface area contributed by atoms with E-state index in [2.05, 4.69) is 42.3 Å². The molecule has 33 heavy (non-hydrogen) atoms. The summed E-state index contributed by atoms with van der Waals surface area (Å²) in [4.78, 5) is 24.5. The summed E-state index contributed by atoms with van der Waals surface area (Å²) in [7, 11) is 0. The van der Waals surface area contributed by atoms with Crippen molar-refractivity contribution in [3.63, 3.8) is 0 Å². The minimum Gasteiger partial charge on any atom is -0.323 e. The van der Waals surface area contributed by atoms with Crippen LogP contribution in [-0.4, -0.2) is 33.9 Å². The van der Waals surface area contributed by atoms with Crippen molar-refractivity contribution in [2.75, 3.05) is 18.4 Å². The van der Waals surface area contributed by atoms with Crippen LogP contribution in [0, 0.1) is 33.5 Å². The summed E-state index contributed by atoms with van der Waals surface area (Å²) in [5, 5.41) is 2.64. The molecule has 0 radical (unpaired) electrons. The highest BCUT2D eigenvalue weighted by Crippen LogP contribution is 2.28. The van der Waals surface area contributed by atoms with Crippen LogP contribution in [0.4, 0.5) is 10.1 Å². The third-order valence-corrected chi connectivity index (χ3v) is 6.54. The van der Waals surface area contributed by atoms with Gasteiger partial charge in [-0.1, -0.05) is 30.3 Å². The van der Waals surface area contributed by atoms with E-state index in [4.69, 9.17) is 9.97 Å². The Balaban J connectivity index is 1.41.